The highest BCUT2D eigenvalue weighted by molar-refractivity contribution is 5.94. The zero-order valence-corrected chi connectivity index (χ0v) is 13.9. The molecular weight excluding hydrogens is 296 g/mol. The standard InChI is InChI=1S/C16H24N4O3/c1-4-7-20(12(3)21)9-11(2)17-8-13-5-6-14-16(18-13)19-15(22)10-23-14/h5-6,11,17H,4,7-10H2,1-3H3,(H,18,19,22). The van der Waals surface area contributed by atoms with E-state index in [1.165, 1.54) is 0 Å². The lowest BCUT2D eigenvalue weighted by molar-refractivity contribution is -0.129. The maximum absolute atomic E-state index is 11.6. The Morgan fingerprint density at radius 1 is 1.52 bits per heavy atom. The van der Waals surface area contributed by atoms with Gasteiger partial charge in [-0.2, -0.15) is 0 Å². The minimum Gasteiger partial charge on any atom is -0.480 e. The van der Waals surface area contributed by atoms with Gasteiger partial charge in [-0.3, -0.25) is 9.59 Å². The molecule has 0 radical (unpaired) electrons. The second-order valence-corrected chi connectivity index (χ2v) is 5.73. The number of nitrogens with zero attached hydrogens (tertiary/aromatic N) is 2. The van der Waals surface area contributed by atoms with E-state index in [1.54, 1.807) is 6.92 Å². The first-order valence-corrected chi connectivity index (χ1v) is 7.91. The molecule has 126 valence electrons. The Kier molecular flexibility index (Phi) is 5.92. The lowest BCUT2D eigenvalue weighted by Gasteiger charge is -2.25. The Morgan fingerprint density at radius 2 is 2.30 bits per heavy atom. The van der Waals surface area contributed by atoms with Gasteiger partial charge in [0.2, 0.25) is 5.91 Å². The summed E-state index contributed by atoms with van der Waals surface area (Å²) in [5.41, 5.74) is 0.811. The van der Waals surface area contributed by atoms with Gasteiger partial charge < -0.3 is 20.3 Å². The number of pyridine rings is 1. The molecule has 2 amide bonds. The van der Waals surface area contributed by atoms with Crippen molar-refractivity contribution in [1.29, 1.82) is 0 Å². The highest BCUT2D eigenvalue weighted by Gasteiger charge is 2.18. The summed E-state index contributed by atoms with van der Waals surface area (Å²) < 4.78 is 5.28. The SMILES string of the molecule is CCCN(CC(C)NCc1ccc2c(n1)NC(=O)CO2)C(C)=O. The van der Waals surface area contributed by atoms with E-state index < -0.39 is 0 Å². The lowest BCUT2D eigenvalue weighted by atomic mass is 10.2. The van der Waals surface area contributed by atoms with Gasteiger partial charge in [0.1, 0.15) is 0 Å². The Labute approximate surface area is 136 Å². The van der Waals surface area contributed by atoms with E-state index in [2.05, 4.69) is 22.5 Å². The lowest BCUT2D eigenvalue weighted by Crippen LogP contribution is -2.41. The smallest absolute Gasteiger partial charge is 0.263 e. The highest BCUT2D eigenvalue weighted by Crippen LogP contribution is 2.25. The van der Waals surface area contributed by atoms with Crippen molar-refractivity contribution < 1.29 is 14.3 Å². The van der Waals surface area contributed by atoms with Gasteiger partial charge in [0.25, 0.3) is 5.91 Å². The second-order valence-electron chi connectivity index (χ2n) is 5.73. The monoisotopic (exact) mass is 320 g/mol. The normalized spacial score (nSPS) is 14.5. The van der Waals surface area contributed by atoms with Gasteiger partial charge in [-0.1, -0.05) is 6.92 Å². The van der Waals surface area contributed by atoms with Crippen LogP contribution in [0.3, 0.4) is 0 Å². The molecule has 0 saturated carbocycles. The minimum atomic E-state index is -0.194. The third-order valence-electron chi connectivity index (χ3n) is 3.60. The van der Waals surface area contributed by atoms with E-state index in [9.17, 15) is 9.59 Å². The number of ether oxygens (including phenoxy) is 1. The molecule has 1 aromatic heterocycles. The van der Waals surface area contributed by atoms with E-state index >= 15 is 0 Å². The summed E-state index contributed by atoms with van der Waals surface area (Å²) >= 11 is 0. The van der Waals surface area contributed by atoms with Gasteiger partial charge in [0, 0.05) is 32.6 Å². The Bertz CT molecular complexity index is 576. The molecule has 1 aromatic rings. The van der Waals surface area contributed by atoms with E-state index in [-0.39, 0.29) is 24.5 Å². The molecule has 7 heteroatoms. The van der Waals surface area contributed by atoms with Crippen LogP contribution in [0.5, 0.6) is 5.75 Å². The molecule has 2 N–H and O–H groups in total. The van der Waals surface area contributed by atoms with Crippen LogP contribution in [-0.4, -0.2) is 47.4 Å². The average Bonchev–Trinajstić information content (AvgIpc) is 2.52. The zero-order valence-electron chi connectivity index (χ0n) is 13.9. The highest BCUT2D eigenvalue weighted by atomic mass is 16.5. The fourth-order valence-corrected chi connectivity index (χ4v) is 2.42. The molecule has 7 nitrogen and oxygen atoms in total. The number of hydrogen-bond donors (Lipinski definition) is 2. The Hall–Kier alpha value is -2.15. The number of amides is 2. The van der Waals surface area contributed by atoms with Crippen molar-refractivity contribution in [3.05, 3.63) is 17.8 Å². The van der Waals surface area contributed by atoms with Gasteiger partial charge in [-0.15, -0.1) is 0 Å². The maximum Gasteiger partial charge on any atom is 0.263 e. The third-order valence-corrected chi connectivity index (χ3v) is 3.60. The van der Waals surface area contributed by atoms with Crippen molar-refractivity contribution in [3.8, 4) is 5.75 Å². The number of nitrogens with one attached hydrogen (secondary N) is 2. The third kappa shape index (κ3) is 4.92. The van der Waals surface area contributed by atoms with E-state index in [1.807, 2.05) is 24.0 Å². The minimum absolute atomic E-state index is 0.0294. The first kappa shape index (κ1) is 17.2. The van der Waals surface area contributed by atoms with Crippen LogP contribution in [-0.2, 0) is 16.1 Å². The van der Waals surface area contributed by atoms with Crippen molar-refractivity contribution in [2.75, 3.05) is 25.0 Å². The molecule has 0 aliphatic carbocycles. The average molecular weight is 320 g/mol. The van der Waals surface area contributed by atoms with E-state index in [4.69, 9.17) is 4.74 Å². The number of aromatic nitrogens is 1. The van der Waals surface area contributed by atoms with Gasteiger partial charge in [0.05, 0.1) is 5.69 Å². The zero-order chi connectivity index (χ0) is 16.8. The summed E-state index contributed by atoms with van der Waals surface area (Å²) in [7, 11) is 0. The molecule has 1 atom stereocenters. The summed E-state index contributed by atoms with van der Waals surface area (Å²) in [6, 6.07) is 3.82. The molecule has 0 saturated heterocycles. The quantitative estimate of drug-likeness (QED) is 0.787. The number of hydrogen-bond acceptors (Lipinski definition) is 5. The van der Waals surface area contributed by atoms with Crippen LogP contribution in [0.25, 0.3) is 0 Å². The number of fused-ring (bicyclic) bond motifs is 1. The van der Waals surface area contributed by atoms with E-state index in [0.717, 1.165) is 18.7 Å². The van der Waals surface area contributed by atoms with Crippen LogP contribution in [0, 0.1) is 0 Å². The molecule has 1 aliphatic heterocycles. The fraction of sp³-hybridized carbons (Fsp3) is 0.562. The van der Waals surface area contributed by atoms with Crippen LogP contribution >= 0.6 is 0 Å². The summed E-state index contributed by atoms with van der Waals surface area (Å²) in [6.45, 7) is 7.70. The van der Waals surface area contributed by atoms with Crippen molar-refractivity contribution in [2.45, 2.75) is 39.8 Å². The molecule has 0 aromatic carbocycles. The molecule has 0 bridgehead atoms. The van der Waals surface area contributed by atoms with E-state index in [0.29, 0.717) is 24.7 Å². The molecule has 23 heavy (non-hydrogen) atoms. The molecule has 0 spiro atoms. The van der Waals surface area contributed by atoms with Crippen LogP contribution in [0.1, 0.15) is 32.9 Å². The Morgan fingerprint density at radius 3 is 3.00 bits per heavy atom. The molecular formula is C16H24N4O3. The number of carbonyl (C=O) groups excluding carboxylic acids is 2. The van der Waals surface area contributed by atoms with Gasteiger partial charge >= 0.3 is 0 Å². The van der Waals surface area contributed by atoms with Crippen LogP contribution in [0.4, 0.5) is 5.82 Å². The first-order valence-electron chi connectivity index (χ1n) is 7.91. The van der Waals surface area contributed by atoms with Crippen LogP contribution in [0.2, 0.25) is 0 Å². The van der Waals surface area contributed by atoms with Crippen LogP contribution < -0.4 is 15.4 Å². The molecule has 2 heterocycles. The number of rotatable bonds is 7. The van der Waals surface area contributed by atoms with Gasteiger partial charge in [-0.05, 0) is 25.5 Å². The topological polar surface area (TPSA) is 83.6 Å². The molecule has 2 rings (SSSR count). The summed E-state index contributed by atoms with van der Waals surface area (Å²) in [5, 5.41) is 6.05. The van der Waals surface area contributed by atoms with Crippen molar-refractivity contribution >= 4 is 17.6 Å². The molecule has 0 fully saturated rings. The number of carbonyl (C=O) groups is 2. The predicted molar refractivity (Wildman–Crippen MR) is 87.2 cm³/mol. The van der Waals surface area contributed by atoms with Crippen molar-refractivity contribution in [3.63, 3.8) is 0 Å². The summed E-state index contributed by atoms with van der Waals surface area (Å²) in [4.78, 5) is 29.1. The first-order chi connectivity index (χ1) is 11.0. The van der Waals surface area contributed by atoms with Crippen LogP contribution in [0.15, 0.2) is 12.1 Å². The Balaban J connectivity index is 1.89. The van der Waals surface area contributed by atoms with Crippen molar-refractivity contribution in [1.82, 2.24) is 15.2 Å². The second kappa shape index (κ2) is 7.92. The van der Waals surface area contributed by atoms with Crippen molar-refractivity contribution in [2.24, 2.45) is 0 Å². The number of anilines is 1. The molecule has 1 aliphatic rings. The molecule has 1 unspecified atom stereocenters. The summed E-state index contributed by atoms with van der Waals surface area (Å²) in [5.74, 6) is 0.948. The fourth-order valence-electron chi connectivity index (χ4n) is 2.42. The summed E-state index contributed by atoms with van der Waals surface area (Å²) in [6.07, 6.45) is 0.943. The largest absolute Gasteiger partial charge is 0.480 e. The van der Waals surface area contributed by atoms with Gasteiger partial charge in [0.15, 0.2) is 18.2 Å². The van der Waals surface area contributed by atoms with Gasteiger partial charge in [-0.25, -0.2) is 4.98 Å². The predicted octanol–water partition coefficient (Wildman–Crippen LogP) is 1.15. The maximum atomic E-state index is 11.6.